The van der Waals surface area contributed by atoms with Crippen LogP contribution >= 0.6 is 23.2 Å². The third-order valence-corrected chi connectivity index (χ3v) is 8.10. The number of nitrogens with zero attached hydrogens (tertiary/aromatic N) is 5. The first-order valence-corrected chi connectivity index (χ1v) is 14.2. The summed E-state index contributed by atoms with van der Waals surface area (Å²) in [6.07, 6.45) is -0.426. The van der Waals surface area contributed by atoms with Crippen molar-refractivity contribution in [1.82, 2.24) is 19.7 Å². The van der Waals surface area contributed by atoms with Crippen LogP contribution in [0.3, 0.4) is 0 Å². The van der Waals surface area contributed by atoms with Gasteiger partial charge in [0.05, 0.1) is 16.6 Å². The number of carbonyl (C=O) groups is 2. The fourth-order valence-electron chi connectivity index (χ4n) is 5.51. The van der Waals surface area contributed by atoms with Gasteiger partial charge >= 0.3 is 6.09 Å². The summed E-state index contributed by atoms with van der Waals surface area (Å²) >= 11 is 13.4. The number of likely N-dealkylation sites (N-methyl/N-ethyl adjacent to an activating group) is 1. The highest BCUT2D eigenvalue weighted by Gasteiger charge is 2.42. The van der Waals surface area contributed by atoms with E-state index in [9.17, 15) is 14.7 Å². The van der Waals surface area contributed by atoms with Gasteiger partial charge in [-0.05, 0) is 46.9 Å². The van der Waals surface area contributed by atoms with Crippen LogP contribution in [0.4, 0.5) is 10.6 Å². The summed E-state index contributed by atoms with van der Waals surface area (Å²) in [6.45, 7) is 10.8. The lowest BCUT2D eigenvalue weighted by Gasteiger charge is -2.41. The number of benzene rings is 1. The van der Waals surface area contributed by atoms with E-state index in [-0.39, 0.29) is 63.5 Å². The van der Waals surface area contributed by atoms with Crippen LogP contribution in [0.15, 0.2) is 18.2 Å². The summed E-state index contributed by atoms with van der Waals surface area (Å²) in [5, 5.41) is 11.1. The van der Waals surface area contributed by atoms with Gasteiger partial charge in [0.2, 0.25) is 0 Å². The Kier molecular flexibility index (Phi) is 7.71. The molecule has 2 fully saturated rings. The van der Waals surface area contributed by atoms with Crippen LogP contribution < -0.4 is 9.64 Å². The zero-order chi connectivity index (χ0) is 28.9. The van der Waals surface area contributed by atoms with Gasteiger partial charge in [0, 0.05) is 45.3 Å². The average molecular weight is 593 g/mol. The molecule has 12 heteroatoms. The van der Waals surface area contributed by atoms with Gasteiger partial charge in [-0.3, -0.25) is 4.79 Å². The van der Waals surface area contributed by atoms with Crippen LogP contribution in [0, 0.1) is 0 Å². The van der Waals surface area contributed by atoms with Crippen molar-refractivity contribution >= 4 is 41.0 Å². The Hall–Kier alpha value is -2.95. The van der Waals surface area contributed by atoms with Crippen LogP contribution in [-0.4, -0.2) is 107 Å². The van der Waals surface area contributed by atoms with Gasteiger partial charge in [0.15, 0.2) is 5.75 Å². The molecule has 1 aromatic carbocycles. The Labute approximate surface area is 244 Å². The molecule has 10 nitrogen and oxygen atoms in total. The number of aromatic nitrogens is 1. The second-order valence-corrected chi connectivity index (χ2v) is 12.4. The van der Waals surface area contributed by atoms with Crippen molar-refractivity contribution in [1.29, 1.82) is 0 Å². The maximum Gasteiger partial charge on any atom is 0.410 e. The molecule has 3 aliphatic heterocycles. The number of hydrogen-bond donors (Lipinski definition) is 1. The van der Waals surface area contributed by atoms with Gasteiger partial charge < -0.3 is 34.2 Å². The van der Waals surface area contributed by atoms with Crippen LogP contribution in [-0.2, 0) is 4.74 Å². The number of anilines is 1. The molecule has 2 amide bonds. The molecule has 40 heavy (non-hydrogen) atoms. The number of halogens is 2. The van der Waals surface area contributed by atoms with E-state index in [1.54, 1.807) is 21.9 Å². The molecule has 0 bridgehead atoms. The highest BCUT2D eigenvalue weighted by Crippen LogP contribution is 2.47. The van der Waals surface area contributed by atoms with Crippen LogP contribution in [0.1, 0.15) is 38.1 Å². The smallest absolute Gasteiger partial charge is 0.410 e. The summed E-state index contributed by atoms with van der Waals surface area (Å²) < 4.78 is 11.9. The van der Waals surface area contributed by atoms with Gasteiger partial charge in [-0.15, -0.1) is 0 Å². The maximum atomic E-state index is 14.2. The number of ether oxygens (including phenoxy) is 2. The van der Waals surface area contributed by atoms with E-state index in [1.807, 2.05) is 20.8 Å². The number of rotatable bonds is 2. The van der Waals surface area contributed by atoms with Gasteiger partial charge in [-0.25, -0.2) is 9.78 Å². The average Bonchev–Trinajstić information content (AvgIpc) is 3.01. The Morgan fingerprint density at radius 1 is 1.10 bits per heavy atom. The molecule has 1 N–H and O–H groups in total. The number of aromatic hydroxyl groups is 1. The molecule has 0 radical (unpaired) electrons. The Balaban J connectivity index is 1.59. The molecule has 0 spiro atoms. The lowest BCUT2D eigenvalue weighted by atomic mass is 10.0. The minimum atomic E-state index is -0.631. The number of phenolic OH excluding ortho intramolecular Hbond substituents is 1. The standard InChI is InChI=1S/C28H35Cl2N5O5/c1-16-13-32(5)9-11-34(16)25-21-24(22(30)23(31-25)20-18(29)7-6-8-19(20)36)39-15-17-14-33(10-12-35(17)26(21)37)27(38)40-28(2,3)4/h6-8,16-17,36H,9-15H2,1-5H3/t16-,17+/m0/s1. The molecule has 0 aliphatic carbocycles. The summed E-state index contributed by atoms with van der Waals surface area (Å²) in [5.41, 5.74) is 0.167. The second-order valence-electron chi connectivity index (χ2n) is 11.6. The first kappa shape index (κ1) is 28.6. The number of hydrogen-bond acceptors (Lipinski definition) is 8. The zero-order valence-corrected chi connectivity index (χ0v) is 24.9. The van der Waals surface area contributed by atoms with Gasteiger partial charge in [-0.2, -0.15) is 0 Å². The van der Waals surface area contributed by atoms with E-state index in [4.69, 9.17) is 37.7 Å². The highest BCUT2D eigenvalue weighted by atomic mass is 35.5. The van der Waals surface area contributed by atoms with E-state index in [2.05, 4.69) is 23.8 Å². The SMILES string of the molecule is C[C@H]1CN(C)CCN1c1nc(-c2c(O)cccc2Cl)c(Cl)c2c1C(=O)N1CCN(C(=O)OC(C)(C)C)C[C@@H]1CO2. The Morgan fingerprint density at radius 2 is 1.82 bits per heavy atom. The lowest BCUT2D eigenvalue weighted by molar-refractivity contribution is 0.000952. The van der Waals surface area contributed by atoms with Crippen molar-refractivity contribution < 1.29 is 24.2 Å². The van der Waals surface area contributed by atoms with Gasteiger partial charge in [0.25, 0.3) is 5.91 Å². The summed E-state index contributed by atoms with van der Waals surface area (Å²) in [7, 11) is 2.06. The third-order valence-electron chi connectivity index (χ3n) is 7.44. The van der Waals surface area contributed by atoms with Crippen LogP contribution in [0.2, 0.25) is 10.0 Å². The van der Waals surface area contributed by atoms with Crippen molar-refractivity contribution in [3.63, 3.8) is 0 Å². The molecular weight excluding hydrogens is 557 g/mol. The van der Waals surface area contributed by atoms with Gasteiger partial charge in [-0.1, -0.05) is 29.3 Å². The van der Waals surface area contributed by atoms with E-state index in [1.165, 1.54) is 6.07 Å². The van der Waals surface area contributed by atoms with Crippen molar-refractivity contribution in [2.24, 2.45) is 0 Å². The Bertz CT molecular complexity index is 1310. The van der Waals surface area contributed by atoms with E-state index in [0.29, 0.717) is 25.5 Å². The Morgan fingerprint density at radius 3 is 2.50 bits per heavy atom. The summed E-state index contributed by atoms with van der Waals surface area (Å²) in [4.78, 5) is 39.6. The molecule has 0 saturated carbocycles. The fraction of sp³-hybridized carbons (Fsp3) is 0.536. The molecule has 0 unspecified atom stereocenters. The predicted octanol–water partition coefficient (Wildman–Crippen LogP) is 4.36. The zero-order valence-electron chi connectivity index (χ0n) is 23.4. The monoisotopic (exact) mass is 591 g/mol. The number of phenols is 1. The minimum absolute atomic E-state index is 0.0417. The number of piperazine rings is 2. The minimum Gasteiger partial charge on any atom is -0.507 e. The van der Waals surface area contributed by atoms with Crippen molar-refractivity contribution in [3.05, 3.63) is 33.8 Å². The third kappa shape index (κ3) is 5.36. The van der Waals surface area contributed by atoms with Gasteiger partial charge in [0.1, 0.15) is 40.1 Å². The van der Waals surface area contributed by atoms with Crippen molar-refractivity contribution in [3.8, 4) is 22.8 Å². The first-order chi connectivity index (χ1) is 18.9. The second kappa shape index (κ2) is 10.8. The van der Waals surface area contributed by atoms with Crippen molar-refractivity contribution in [2.75, 3.05) is 57.8 Å². The molecule has 2 atom stereocenters. The normalized spacial score (nSPS) is 21.9. The first-order valence-electron chi connectivity index (χ1n) is 13.4. The highest BCUT2D eigenvalue weighted by molar-refractivity contribution is 6.38. The molecule has 5 rings (SSSR count). The molecule has 3 aliphatic rings. The molecule has 1 aromatic heterocycles. The fourth-order valence-corrected chi connectivity index (χ4v) is 6.06. The number of pyridine rings is 1. The van der Waals surface area contributed by atoms with E-state index in [0.717, 1.165) is 13.1 Å². The van der Waals surface area contributed by atoms with Crippen LogP contribution in [0.5, 0.6) is 11.5 Å². The van der Waals surface area contributed by atoms with Crippen molar-refractivity contribution in [2.45, 2.75) is 45.4 Å². The molecule has 2 saturated heterocycles. The van der Waals surface area contributed by atoms with E-state index < -0.39 is 17.7 Å². The molecule has 4 heterocycles. The molecule has 216 valence electrons. The quantitative estimate of drug-likeness (QED) is 0.550. The lowest BCUT2D eigenvalue weighted by Crippen LogP contribution is -2.58. The topological polar surface area (TPSA) is 98.7 Å². The maximum absolute atomic E-state index is 14.2. The summed E-state index contributed by atoms with van der Waals surface area (Å²) in [5.74, 6) is 0.307. The molecular formula is C28H35Cl2N5O5. The summed E-state index contributed by atoms with van der Waals surface area (Å²) in [6, 6.07) is 4.43. The molecule has 2 aromatic rings. The largest absolute Gasteiger partial charge is 0.507 e. The van der Waals surface area contributed by atoms with Crippen LogP contribution in [0.25, 0.3) is 11.3 Å². The predicted molar refractivity (Wildman–Crippen MR) is 154 cm³/mol. The van der Waals surface area contributed by atoms with E-state index >= 15 is 0 Å². The number of fused-ring (bicyclic) bond motifs is 2. The number of carbonyl (C=O) groups excluding carboxylic acids is 2. The number of amides is 2.